The van der Waals surface area contributed by atoms with Gasteiger partial charge in [-0.05, 0) is 19.8 Å². The highest BCUT2D eigenvalue weighted by atomic mass is 16.5. The van der Waals surface area contributed by atoms with Gasteiger partial charge in [-0.2, -0.15) is 4.98 Å². The van der Waals surface area contributed by atoms with Crippen LogP contribution in [0, 0.1) is 5.41 Å². The van der Waals surface area contributed by atoms with Crippen LogP contribution in [0.25, 0.3) is 0 Å². The van der Waals surface area contributed by atoms with E-state index >= 15 is 0 Å². The Bertz CT molecular complexity index is 528. The van der Waals surface area contributed by atoms with Gasteiger partial charge in [0, 0.05) is 32.4 Å². The number of rotatable bonds is 6. The maximum Gasteiger partial charge on any atom is 0.311 e. The second-order valence-corrected chi connectivity index (χ2v) is 5.79. The Morgan fingerprint density at radius 2 is 2.19 bits per heavy atom. The minimum absolute atomic E-state index is 0.0600. The molecule has 2 heterocycles. The zero-order valence-electron chi connectivity index (χ0n) is 12.5. The van der Waals surface area contributed by atoms with Crippen LogP contribution in [0.4, 0.5) is 0 Å². The highest BCUT2D eigenvalue weighted by molar-refractivity contribution is 5.80. The SMILES string of the molecule is CCCc1noc(CCC(=O)N2CCC(C)(C(=O)O)C2)n1. The number of hydrogen-bond donors (Lipinski definition) is 1. The number of carbonyl (C=O) groups excluding carboxylic acids is 1. The number of likely N-dealkylation sites (tertiary alicyclic amines) is 1. The molecule has 1 amide bonds. The first-order valence-electron chi connectivity index (χ1n) is 7.27. The Hall–Kier alpha value is -1.92. The number of aliphatic carboxylic acids is 1. The van der Waals surface area contributed by atoms with Crippen molar-refractivity contribution < 1.29 is 19.2 Å². The number of carboxylic acid groups (broad SMARTS) is 1. The molecular formula is C14H21N3O4. The second kappa shape index (κ2) is 6.24. The topological polar surface area (TPSA) is 96.5 Å². The minimum atomic E-state index is -0.848. The fourth-order valence-electron chi connectivity index (χ4n) is 2.44. The van der Waals surface area contributed by atoms with E-state index < -0.39 is 11.4 Å². The number of amides is 1. The third kappa shape index (κ3) is 3.59. The molecule has 2 rings (SSSR count). The van der Waals surface area contributed by atoms with Gasteiger partial charge in [0.05, 0.1) is 5.41 Å². The van der Waals surface area contributed by atoms with Crippen LogP contribution >= 0.6 is 0 Å². The number of aromatic nitrogens is 2. The molecule has 7 heteroatoms. The molecule has 1 atom stereocenters. The van der Waals surface area contributed by atoms with Gasteiger partial charge in [-0.25, -0.2) is 0 Å². The van der Waals surface area contributed by atoms with Crippen molar-refractivity contribution in [3.63, 3.8) is 0 Å². The van der Waals surface area contributed by atoms with E-state index in [1.54, 1.807) is 11.8 Å². The van der Waals surface area contributed by atoms with Crippen molar-refractivity contribution in [3.8, 4) is 0 Å². The number of aryl methyl sites for hydroxylation is 2. The number of carbonyl (C=O) groups is 2. The lowest BCUT2D eigenvalue weighted by Crippen LogP contribution is -2.34. The molecule has 0 saturated carbocycles. The molecule has 1 aliphatic heterocycles. The minimum Gasteiger partial charge on any atom is -0.481 e. The number of carboxylic acids is 1. The van der Waals surface area contributed by atoms with E-state index in [0.29, 0.717) is 31.1 Å². The summed E-state index contributed by atoms with van der Waals surface area (Å²) in [5, 5.41) is 13.0. The van der Waals surface area contributed by atoms with Crippen LogP contribution < -0.4 is 0 Å². The fourth-order valence-corrected chi connectivity index (χ4v) is 2.44. The van der Waals surface area contributed by atoms with Gasteiger partial charge in [0.25, 0.3) is 0 Å². The lowest BCUT2D eigenvalue weighted by atomic mass is 9.90. The summed E-state index contributed by atoms with van der Waals surface area (Å²) >= 11 is 0. The Kier molecular flexibility index (Phi) is 4.59. The third-order valence-electron chi connectivity index (χ3n) is 3.88. The molecule has 0 bridgehead atoms. The molecule has 7 nitrogen and oxygen atoms in total. The summed E-state index contributed by atoms with van der Waals surface area (Å²) in [7, 11) is 0. The normalized spacial score (nSPS) is 21.7. The van der Waals surface area contributed by atoms with E-state index in [-0.39, 0.29) is 18.9 Å². The Morgan fingerprint density at radius 3 is 2.81 bits per heavy atom. The largest absolute Gasteiger partial charge is 0.481 e. The zero-order chi connectivity index (χ0) is 15.5. The first-order chi connectivity index (χ1) is 9.94. The van der Waals surface area contributed by atoms with E-state index in [0.717, 1.165) is 12.8 Å². The van der Waals surface area contributed by atoms with Crippen LogP contribution in [0.2, 0.25) is 0 Å². The van der Waals surface area contributed by atoms with Crippen LogP contribution in [0.5, 0.6) is 0 Å². The van der Waals surface area contributed by atoms with Crippen molar-refractivity contribution >= 4 is 11.9 Å². The van der Waals surface area contributed by atoms with Crippen LogP contribution in [-0.4, -0.2) is 45.1 Å². The Balaban J connectivity index is 1.83. The van der Waals surface area contributed by atoms with Crippen LogP contribution in [0.3, 0.4) is 0 Å². The van der Waals surface area contributed by atoms with Gasteiger partial charge in [-0.15, -0.1) is 0 Å². The van der Waals surface area contributed by atoms with Crippen LogP contribution in [0.1, 0.15) is 44.8 Å². The fraction of sp³-hybridized carbons (Fsp3) is 0.714. The monoisotopic (exact) mass is 295 g/mol. The molecule has 1 unspecified atom stereocenters. The van der Waals surface area contributed by atoms with Gasteiger partial charge in [0.2, 0.25) is 11.8 Å². The molecule has 21 heavy (non-hydrogen) atoms. The van der Waals surface area contributed by atoms with E-state index in [1.165, 1.54) is 0 Å². The summed E-state index contributed by atoms with van der Waals surface area (Å²) < 4.78 is 5.08. The molecule has 1 aliphatic rings. The number of nitrogens with zero attached hydrogens (tertiary/aromatic N) is 3. The zero-order valence-corrected chi connectivity index (χ0v) is 12.5. The van der Waals surface area contributed by atoms with Crippen molar-refractivity contribution in [2.75, 3.05) is 13.1 Å². The molecule has 0 radical (unpaired) electrons. The van der Waals surface area contributed by atoms with E-state index in [4.69, 9.17) is 9.63 Å². The standard InChI is InChI=1S/C14H21N3O4/c1-3-4-10-15-11(21-16-10)5-6-12(18)17-8-7-14(2,9-17)13(19)20/h3-9H2,1-2H3,(H,19,20). The quantitative estimate of drug-likeness (QED) is 0.849. The smallest absolute Gasteiger partial charge is 0.311 e. The summed E-state index contributed by atoms with van der Waals surface area (Å²) in [6, 6.07) is 0. The summed E-state index contributed by atoms with van der Waals surface area (Å²) in [6.45, 7) is 4.47. The first-order valence-corrected chi connectivity index (χ1v) is 7.27. The van der Waals surface area contributed by atoms with Gasteiger partial charge >= 0.3 is 5.97 Å². The summed E-state index contributed by atoms with van der Waals surface area (Å²) in [5.41, 5.74) is -0.825. The third-order valence-corrected chi connectivity index (χ3v) is 3.88. The first kappa shape index (κ1) is 15.5. The van der Waals surface area contributed by atoms with Crippen molar-refractivity contribution in [1.82, 2.24) is 15.0 Å². The molecule has 1 aromatic rings. The maximum absolute atomic E-state index is 12.1. The molecule has 116 valence electrons. The molecule has 1 fully saturated rings. The van der Waals surface area contributed by atoms with Gasteiger partial charge in [-0.3, -0.25) is 9.59 Å². The molecule has 0 aliphatic carbocycles. The predicted molar refractivity (Wildman–Crippen MR) is 73.6 cm³/mol. The van der Waals surface area contributed by atoms with E-state index in [1.807, 2.05) is 6.92 Å². The van der Waals surface area contributed by atoms with Crippen molar-refractivity contribution in [1.29, 1.82) is 0 Å². The van der Waals surface area contributed by atoms with Gasteiger partial charge in [-0.1, -0.05) is 12.1 Å². The lowest BCUT2D eigenvalue weighted by molar-refractivity contribution is -0.147. The van der Waals surface area contributed by atoms with E-state index in [9.17, 15) is 9.59 Å². The van der Waals surface area contributed by atoms with Crippen molar-refractivity contribution in [2.24, 2.45) is 5.41 Å². The maximum atomic E-state index is 12.1. The molecule has 1 N–H and O–H groups in total. The summed E-state index contributed by atoms with van der Waals surface area (Å²) in [5.74, 6) is 0.223. The van der Waals surface area contributed by atoms with Gasteiger partial charge < -0.3 is 14.5 Å². The van der Waals surface area contributed by atoms with Crippen molar-refractivity contribution in [2.45, 2.75) is 46.0 Å². The highest BCUT2D eigenvalue weighted by Crippen LogP contribution is 2.30. The number of hydrogen-bond acceptors (Lipinski definition) is 5. The second-order valence-electron chi connectivity index (χ2n) is 5.79. The Morgan fingerprint density at radius 1 is 1.43 bits per heavy atom. The van der Waals surface area contributed by atoms with Crippen LogP contribution in [-0.2, 0) is 22.4 Å². The molecule has 0 aromatic carbocycles. The van der Waals surface area contributed by atoms with Crippen molar-refractivity contribution in [3.05, 3.63) is 11.7 Å². The van der Waals surface area contributed by atoms with Gasteiger partial charge in [0.1, 0.15) is 0 Å². The molecule has 0 spiro atoms. The van der Waals surface area contributed by atoms with E-state index in [2.05, 4.69) is 10.1 Å². The Labute approximate surface area is 123 Å². The summed E-state index contributed by atoms with van der Waals surface area (Å²) in [4.78, 5) is 29.1. The lowest BCUT2D eigenvalue weighted by Gasteiger charge is -2.19. The average Bonchev–Trinajstić information content (AvgIpc) is 3.04. The molecular weight excluding hydrogens is 274 g/mol. The van der Waals surface area contributed by atoms with Crippen LogP contribution in [0.15, 0.2) is 4.52 Å². The molecule has 1 saturated heterocycles. The predicted octanol–water partition coefficient (Wildman–Crippen LogP) is 1.28. The highest BCUT2D eigenvalue weighted by Gasteiger charge is 2.41. The summed E-state index contributed by atoms with van der Waals surface area (Å²) in [6.07, 6.45) is 2.87. The van der Waals surface area contributed by atoms with Gasteiger partial charge in [0.15, 0.2) is 5.82 Å². The molecule has 1 aromatic heterocycles. The average molecular weight is 295 g/mol.